The van der Waals surface area contributed by atoms with Crippen LogP contribution in [0.25, 0.3) is 0 Å². The van der Waals surface area contributed by atoms with Crippen molar-refractivity contribution in [3.8, 4) is 5.75 Å². The minimum atomic E-state index is -3.88. The summed E-state index contributed by atoms with van der Waals surface area (Å²) in [6.07, 6.45) is 0. The second-order valence-corrected chi connectivity index (χ2v) is 8.70. The van der Waals surface area contributed by atoms with Crippen molar-refractivity contribution in [3.63, 3.8) is 0 Å². The van der Waals surface area contributed by atoms with Gasteiger partial charge in [-0.1, -0.05) is 47.7 Å². The maximum atomic E-state index is 12.5. The van der Waals surface area contributed by atoms with Gasteiger partial charge in [0.25, 0.3) is 15.9 Å². The van der Waals surface area contributed by atoms with Gasteiger partial charge in [0, 0.05) is 17.7 Å². The number of hydrogen-bond acceptors (Lipinski definition) is 7. The molecule has 2 N–H and O–H groups in total. The third-order valence-corrected chi connectivity index (χ3v) is 6.50. The summed E-state index contributed by atoms with van der Waals surface area (Å²) in [5, 5.41) is 10.1. The van der Waals surface area contributed by atoms with E-state index in [0.29, 0.717) is 16.9 Å². The van der Waals surface area contributed by atoms with Crippen molar-refractivity contribution in [1.29, 1.82) is 0 Å². The van der Waals surface area contributed by atoms with Crippen molar-refractivity contribution < 1.29 is 17.9 Å². The molecular formula is C18H18N4O4S2. The fourth-order valence-corrected chi connectivity index (χ4v) is 4.39. The molecule has 0 aliphatic rings. The number of amides is 1. The number of anilines is 1. The number of carbonyl (C=O) groups is 1. The molecule has 10 heteroatoms. The fourth-order valence-electron chi connectivity index (χ4n) is 2.44. The lowest BCUT2D eigenvalue weighted by molar-refractivity contribution is 0.102. The third-order valence-electron chi connectivity index (χ3n) is 3.89. The van der Waals surface area contributed by atoms with Gasteiger partial charge in [-0.3, -0.25) is 10.1 Å². The van der Waals surface area contributed by atoms with Crippen LogP contribution in [0, 0.1) is 6.92 Å². The molecule has 1 amide bonds. The highest BCUT2D eigenvalue weighted by atomic mass is 32.2. The average molecular weight is 419 g/mol. The van der Waals surface area contributed by atoms with Crippen LogP contribution in [0.4, 0.5) is 5.13 Å². The highest BCUT2D eigenvalue weighted by Crippen LogP contribution is 2.22. The molecule has 8 nitrogen and oxygen atoms in total. The maximum absolute atomic E-state index is 12.5. The number of sulfonamides is 1. The first-order chi connectivity index (χ1) is 13.4. The van der Waals surface area contributed by atoms with E-state index in [9.17, 15) is 13.2 Å². The molecule has 0 saturated carbocycles. The molecule has 0 aliphatic carbocycles. The highest BCUT2D eigenvalue weighted by molar-refractivity contribution is 7.91. The van der Waals surface area contributed by atoms with Gasteiger partial charge in [-0.2, -0.15) is 0 Å². The van der Waals surface area contributed by atoms with E-state index in [1.807, 2.05) is 19.1 Å². The van der Waals surface area contributed by atoms with Gasteiger partial charge in [0.2, 0.25) is 9.47 Å². The van der Waals surface area contributed by atoms with Crippen molar-refractivity contribution in [1.82, 2.24) is 14.9 Å². The Balaban J connectivity index is 1.70. The quantitative estimate of drug-likeness (QED) is 0.571. The molecule has 0 unspecified atom stereocenters. The number of methoxy groups -OCH3 is 1. The minimum Gasteiger partial charge on any atom is -0.496 e. The molecule has 0 saturated heterocycles. The topological polar surface area (TPSA) is 110 Å². The first-order valence-electron chi connectivity index (χ1n) is 8.23. The third kappa shape index (κ3) is 4.53. The number of carbonyl (C=O) groups excluding carboxylic acids is 1. The van der Waals surface area contributed by atoms with Crippen molar-refractivity contribution in [2.75, 3.05) is 12.4 Å². The summed E-state index contributed by atoms with van der Waals surface area (Å²) in [5.74, 6) is 0.203. The Morgan fingerprint density at radius 2 is 1.82 bits per heavy atom. The van der Waals surface area contributed by atoms with Crippen molar-refractivity contribution in [2.24, 2.45) is 0 Å². The predicted molar refractivity (Wildman–Crippen MR) is 106 cm³/mol. The van der Waals surface area contributed by atoms with Crippen LogP contribution in [0.2, 0.25) is 0 Å². The molecule has 146 valence electrons. The first kappa shape index (κ1) is 19.9. The molecule has 0 fully saturated rings. The van der Waals surface area contributed by atoms with Gasteiger partial charge < -0.3 is 4.74 Å². The van der Waals surface area contributed by atoms with Crippen LogP contribution in [-0.2, 0) is 16.6 Å². The number of aromatic nitrogens is 2. The van der Waals surface area contributed by atoms with Gasteiger partial charge in [-0.15, -0.1) is 10.2 Å². The normalized spacial score (nSPS) is 11.2. The summed E-state index contributed by atoms with van der Waals surface area (Å²) in [7, 11) is -2.37. The van der Waals surface area contributed by atoms with Crippen LogP contribution in [0.5, 0.6) is 5.75 Å². The van der Waals surface area contributed by atoms with E-state index in [1.54, 1.807) is 36.4 Å². The fraction of sp³-hybridized carbons (Fsp3) is 0.167. The molecule has 0 atom stereocenters. The molecular weight excluding hydrogens is 400 g/mol. The van der Waals surface area contributed by atoms with Crippen LogP contribution in [0.15, 0.2) is 52.9 Å². The van der Waals surface area contributed by atoms with E-state index in [1.165, 1.54) is 7.11 Å². The van der Waals surface area contributed by atoms with Crippen LogP contribution in [0.1, 0.15) is 21.5 Å². The van der Waals surface area contributed by atoms with Crippen LogP contribution < -0.4 is 14.8 Å². The van der Waals surface area contributed by atoms with Gasteiger partial charge in [0.1, 0.15) is 5.75 Å². The molecule has 0 radical (unpaired) electrons. The molecule has 3 aromatic rings. The number of para-hydroxylation sites is 1. The van der Waals surface area contributed by atoms with E-state index in [-0.39, 0.29) is 21.9 Å². The Hall–Kier alpha value is -2.82. The summed E-state index contributed by atoms with van der Waals surface area (Å²) < 4.78 is 32.4. The number of rotatable bonds is 7. The second-order valence-electron chi connectivity index (χ2n) is 5.78. The number of benzene rings is 2. The summed E-state index contributed by atoms with van der Waals surface area (Å²) in [5.41, 5.74) is 1.97. The molecule has 28 heavy (non-hydrogen) atoms. The summed E-state index contributed by atoms with van der Waals surface area (Å²) in [6.45, 7) is 1.85. The molecule has 2 aromatic carbocycles. The SMILES string of the molecule is COc1ccccc1CNS(=O)(=O)c1nnc(NC(=O)c2ccccc2C)s1. The monoisotopic (exact) mass is 418 g/mol. The Morgan fingerprint density at radius 1 is 1.11 bits per heavy atom. The van der Waals surface area contributed by atoms with E-state index in [0.717, 1.165) is 16.9 Å². The molecule has 3 rings (SSSR count). The molecule has 0 bridgehead atoms. The summed E-state index contributed by atoms with van der Waals surface area (Å²) in [4.78, 5) is 12.3. The number of ether oxygens (including phenoxy) is 1. The number of hydrogen-bond donors (Lipinski definition) is 2. The Kier molecular flexibility index (Phi) is 6.02. The average Bonchev–Trinajstić information content (AvgIpc) is 3.16. The first-order valence-corrected chi connectivity index (χ1v) is 10.5. The zero-order valence-electron chi connectivity index (χ0n) is 15.2. The van der Waals surface area contributed by atoms with Gasteiger partial charge in [-0.05, 0) is 24.6 Å². The molecule has 0 spiro atoms. The lowest BCUT2D eigenvalue weighted by Crippen LogP contribution is -2.23. The number of nitrogens with one attached hydrogen (secondary N) is 2. The van der Waals surface area contributed by atoms with E-state index >= 15 is 0 Å². The predicted octanol–water partition coefficient (Wildman–Crippen LogP) is 2.59. The lowest BCUT2D eigenvalue weighted by Gasteiger charge is -2.08. The number of nitrogens with zero attached hydrogens (tertiary/aromatic N) is 2. The van der Waals surface area contributed by atoms with E-state index < -0.39 is 10.0 Å². The van der Waals surface area contributed by atoms with Crippen molar-refractivity contribution in [2.45, 2.75) is 17.8 Å². The van der Waals surface area contributed by atoms with Crippen molar-refractivity contribution >= 4 is 32.4 Å². The van der Waals surface area contributed by atoms with Crippen LogP contribution >= 0.6 is 11.3 Å². The van der Waals surface area contributed by atoms with Gasteiger partial charge >= 0.3 is 0 Å². The molecule has 1 heterocycles. The smallest absolute Gasteiger partial charge is 0.270 e. The zero-order chi connectivity index (χ0) is 20.1. The van der Waals surface area contributed by atoms with Gasteiger partial charge in [0.15, 0.2) is 0 Å². The van der Waals surface area contributed by atoms with E-state index in [2.05, 4.69) is 20.2 Å². The van der Waals surface area contributed by atoms with Crippen LogP contribution in [-0.4, -0.2) is 31.6 Å². The Bertz CT molecular complexity index is 1100. The highest BCUT2D eigenvalue weighted by Gasteiger charge is 2.21. The molecule has 1 aromatic heterocycles. The van der Waals surface area contributed by atoms with Crippen molar-refractivity contribution in [3.05, 3.63) is 65.2 Å². The Labute approximate surface area is 166 Å². The molecule has 0 aliphatic heterocycles. The largest absolute Gasteiger partial charge is 0.496 e. The lowest BCUT2D eigenvalue weighted by atomic mass is 10.1. The van der Waals surface area contributed by atoms with E-state index in [4.69, 9.17) is 4.74 Å². The summed E-state index contributed by atoms with van der Waals surface area (Å²) >= 11 is 0.778. The van der Waals surface area contributed by atoms with Gasteiger partial charge in [-0.25, -0.2) is 13.1 Å². The minimum absolute atomic E-state index is 0.0385. The maximum Gasteiger partial charge on any atom is 0.270 e. The van der Waals surface area contributed by atoms with Crippen LogP contribution in [0.3, 0.4) is 0 Å². The number of aryl methyl sites for hydroxylation is 1. The standard InChI is InChI=1S/C18H18N4O4S2/c1-12-7-3-5-9-14(12)16(23)20-17-21-22-18(27-17)28(24,25)19-11-13-8-4-6-10-15(13)26-2/h3-10,19H,11H2,1-2H3,(H,20,21,23). The zero-order valence-corrected chi connectivity index (χ0v) is 16.8. The van der Waals surface area contributed by atoms with Gasteiger partial charge in [0.05, 0.1) is 7.11 Å². The Morgan fingerprint density at radius 3 is 2.57 bits per heavy atom. The second kappa shape index (κ2) is 8.46. The summed E-state index contributed by atoms with van der Waals surface area (Å²) in [6, 6.07) is 14.2.